The number of anilines is 2. The molecule has 3 aromatic carbocycles. The summed E-state index contributed by atoms with van der Waals surface area (Å²) in [6, 6.07) is 21.4. The van der Waals surface area contributed by atoms with Gasteiger partial charge in [-0.3, -0.25) is 9.59 Å². The summed E-state index contributed by atoms with van der Waals surface area (Å²) in [7, 11) is 0. The van der Waals surface area contributed by atoms with Crippen LogP contribution in [0.15, 0.2) is 78.0 Å². The molecule has 0 atom stereocenters. The second kappa shape index (κ2) is 10.3. The molecule has 0 saturated heterocycles. The van der Waals surface area contributed by atoms with Crippen molar-refractivity contribution in [1.29, 1.82) is 0 Å². The minimum atomic E-state index is -0.227. The molecule has 33 heavy (non-hydrogen) atoms. The molecule has 0 aliphatic rings. The standard InChI is InChI=1S/C23H19ClN6O2S/c1-15-7-10-18(13-20(15)26-22(32)16-5-3-2-4-6-16)25-21(31)14-33-23-27-28-29-30(23)19-11-8-17(24)9-12-19/h2-13H,14H2,1H3,(H,25,31)(H,26,32). The highest BCUT2D eigenvalue weighted by atomic mass is 35.5. The number of carbonyl (C=O) groups is 2. The van der Waals surface area contributed by atoms with Gasteiger partial charge in [0.2, 0.25) is 11.1 Å². The second-order valence-corrected chi connectivity index (χ2v) is 8.42. The summed E-state index contributed by atoms with van der Waals surface area (Å²) in [6.07, 6.45) is 0. The van der Waals surface area contributed by atoms with E-state index >= 15 is 0 Å². The van der Waals surface area contributed by atoms with Gasteiger partial charge in [-0.1, -0.05) is 47.6 Å². The quantitative estimate of drug-likeness (QED) is 0.376. The van der Waals surface area contributed by atoms with Crippen LogP contribution in [-0.4, -0.2) is 37.8 Å². The second-order valence-electron chi connectivity index (χ2n) is 7.04. The van der Waals surface area contributed by atoms with Crippen molar-refractivity contribution in [3.8, 4) is 5.69 Å². The molecule has 10 heteroatoms. The molecule has 2 N–H and O–H groups in total. The lowest BCUT2D eigenvalue weighted by atomic mass is 10.1. The van der Waals surface area contributed by atoms with Gasteiger partial charge in [-0.2, -0.15) is 4.68 Å². The number of amides is 2. The van der Waals surface area contributed by atoms with Crippen molar-refractivity contribution in [3.05, 3.63) is 88.9 Å². The molecule has 0 saturated carbocycles. The summed E-state index contributed by atoms with van der Waals surface area (Å²) >= 11 is 7.14. The van der Waals surface area contributed by atoms with Gasteiger partial charge in [-0.15, -0.1) is 5.10 Å². The van der Waals surface area contributed by atoms with Crippen LogP contribution in [0.3, 0.4) is 0 Å². The number of aromatic nitrogens is 4. The van der Waals surface area contributed by atoms with Crippen molar-refractivity contribution in [3.63, 3.8) is 0 Å². The number of aryl methyl sites for hydroxylation is 1. The average molecular weight is 479 g/mol. The Hall–Kier alpha value is -3.69. The number of nitrogens with one attached hydrogen (secondary N) is 2. The number of hydrogen-bond donors (Lipinski definition) is 2. The summed E-state index contributed by atoms with van der Waals surface area (Å²) in [5.41, 5.74) is 3.38. The van der Waals surface area contributed by atoms with E-state index in [9.17, 15) is 9.59 Å². The monoisotopic (exact) mass is 478 g/mol. The molecule has 166 valence electrons. The summed E-state index contributed by atoms with van der Waals surface area (Å²) in [4.78, 5) is 25.0. The maximum Gasteiger partial charge on any atom is 0.255 e. The van der Waals surface area contributed by atoms with Gasteiger partial charge in [0, 0.05) is 22.0 Å². The third-order valence-corrected chi connectivity index (χ3v) is 5.82. The van der Waals surface area contributed by atoms with E-state index in [4.69, 9.17) is 11.6 Å². The van der Waals surface area contributed by atoms with Crippen LogP contribution in [-0.2, 0) is 4.79 Å². The van der Waals surface area contributed by atoms with Crippen molar-refractivity contribution in [2.75, 3.05) is 16.4 Å². The molecule has 0 fully saturated rings. The third kappa shape index (κ3) is 5.76. The Balaban J connectivity index is 1.38. The van der Waals surface area contributed by atoms with Gasteiger partial charge in [0.05, 0.1) is 11.4 Å². The van der Waals surface area contributed by atoms with Crippen LogP contribution < -0.4 is 10.6 Å². The van der Waals surface area contributed by atoms with E-state index in [2.05, 4.69) is 26.2 Å². The molecule has 4 rings (SSSR count). The largest absolute Gasteiger partial charge is 0.325 e. The summed E-state index contributed by atoms with van der Waals surface area (Å²) in [6.45, 7) is 1.89. The predicted octanol–water partition coefficient (Wildman–Crippen LogP) is 4.61. The molecule has 1 heterocycles. The topological polar surface area (TPSA) is 102 Å². The fourth-order valence-corrected chi connectivity index (χ4v) is 3.78. The Morgan fingerprint density at radius 2 is 1.76 bits per heavy atom. The molecule has 1 aromatic heterocycles. The molecule has 0 radical (unpaired) electrons. The van der Waals surface area contributed by atoms with E-state index in [0.717, 1.165) is 11.3 Å². The number of rotatable bonds is 7. The highest BCUT2D eigenvalue weighted by Crippen LogP contribution is 2.23. The fourth-order valence-electron chi connectivity index (χ4n) is 2.96. The normalized spacial score (nSPS) is 10.6. The number of carbonyl (C=O) groups excluding carboxylic acids is 2. The summed E-state index contributed by atoms with van der Waals surface area (Å²) in [5.74, 6) is -0.338. The van der Waals surface area contributed by atoms with Crippen LogP contribution in [0.5, 0.6) is 0 Å². The summed E-state index contributed by atoms with van der Waals surface area (Å²) in [5, 5.41) is 18.5. The molecule has 0 bridgehead atoms. The van der Waals surface area contributed by atoms with Crippen LogP contribution in [0.25, 0.3) is 5.69 Å². The lowest BCUT2D eigenvalue weighted by Crippen LogP contribution is -2.16. The molecule has 0 spiro atoms. The Kier molecular flexibility index (Phi) is 7.01. The SMILES string of the molecule is Cc1ccc(NC(=O)CSc2nnnn2-c2ccc(Cl)cc2)cc1NC(=O)c1ccccc1. The van der Waals surface area contributed by atoms with Crippen LogP contribution >= 0.6 is 23.4 Å². The van der Waals surface area contributed by atoms with E-state index in [0.29, 0.717) is 27.1 Å². The Morgan fingerprint density at radius 3 is 2.52 bits per heavy atom. The van der Waals surface area contributed by atoms with Crippen molar-refractivity contribution < 1.29 is 9.59 Å². The van der Waals surface area contributed by atoms with Crippen molar-refractivity contribution in [2.45, 2.75) is 12.1 Å². The van der Waals surface area contributed by atoms with Crippen LogP contribution in [0.4, 0.5) is 11.4 Å². The van der Waals surface area contributed by atoms with E-state index in [-0.39, 0.29) is 17.6 Å². The van der Waals surface area contributed by atoms with E-state index < -0.39 is 0 Å². The maximum absolute atomic E-state index is 12.5. The number of nitrogens with zero attached hydrogens (tertiary/aromatic N) is 4. The fraction of sp³-hybridized carbons (Fsp3) is 0.0870. The van der Waals surface area contributed by atoms with E-state index in [1.807, 2.05) is 19.1 Å². The maximum atomic E-state index is 12.5. The Morgan fingerprint density at radius 1 is 1.00 bits per heavy atom. The molecule has 0 aliphatic carbocycles. The molecule has 8 nitrogen and oxygen atoms in total. The van der Waals surface area contributed by atoms with Crippen LogP contribution in [0.1, 0.15) is 15.9 Å². The first-order valence-corrected chi connectivity index (χ1v) is 11.3. The molecule has 2 amide bonds. The molecular weight excluding hydrogens is 460 g/mol. The Labute approximate surface area is 199 Å². The van der Waals surface area contributed by atoms with Gasteiger partial charge in [0.25, 0.3) is 5.91 Å². The zero-order chi connectivity index (χ0) is 23.2. The molecular formula is C23H19ClN6O2S. The van der Waals surface area contributed by atoms with Gasteiger partial charge >= 0.3 is 0 Å². The molecule has 0 aliphatic heterocycles. The molecule has 4 aromatic rings. The number of hydrogen-bond acceptors (Lipinski definition) is 6. The van der Waals surface area contributed by atoms with Gasteiger partial charge < -0.3 is 10.6 Å². The highest BCUT2D eigenvalue weighted by Gasteiger charge is 2.13. The van der Waals surface area contributed by atoms with E-state index in [1.165, 1.54) is 16.4 Å². The van der Waals surface area contributed by atoms with Gasteiger partial charge in [-0.25, -0.2) is 0 Å². The van der Waals surface area contributed by atoms with Crippen molar-refractivity contribution in [2.24, 2.45) is 0 Å². The lowest BCUT2D eigenvalue weighted by Gasteiger charge is -2.12. The number of halogens is 1. The molecule has 0 unspecified atom stereocenters. The predicted molar refractivity (Wildman–Crippen MR) is 129 cm³/mol. The first-order chi connectivity index (χ1) is 16.0. The highest BCUT2D eigenvalue weighted by molar-refractivity contribution is 7.99. The van der Waals surface area contributed by atoms with E-state index in [1.54, 1.807) is 60.7 Å². The van der Waals surface area contributed by atoms with Crippen LogP contribution in [0.2, 0.25) is 5.02 Å². The third-order valence-electron chi connectivity index (χ3n) is 4.65. The number of benzene rings is 3. The smallest absolute Gasteiger partial charge is 0.255 e. The van der Waals surface area contributed by atoms with Crippen molar-refractivity contribution >= 4 is 46.6 Å². The Bertz CT molecular complexity index is 1280. The van der Waals surface area contributed by atoms with Gasteiger partial charge in [0.15, 0.2) is 0 Å². The zero-order valence-corrected chi connectivity index (χ0v) is 19.1. The first-order valence-electron chi connectivity index (χ1n) is 9.93. The summed E-state index contributed by atoms with van der Waals surface area (Å²) < 4.78 is 1.54. The lowest BCUT2D eigenvalue weighted by molar-refractivity contribution is -0.113. The minimum Gasteiger partial charge on any atom is -0.325 e. The first kappa shape index (κ1) is 22.5. The number of tetrazole rings is 1. The van der Waals surface area contributed by atoms with Gasteiger partial charge in [0.1, 0.15) is 0 Å². The average Bonchev–Trinajstić information content (AvgIpc) is 3.29. The number of thioether (sulfide) groups is 1. The van der Waals surface area contributed by atoms with Crippen LogP contribution in [0, 0.1) is 6.92 Å². The zero-order valence-electron chi connectivity index (χ0n) is 17.5. The van der Waals surface area contributed by atoms with Crippen molar-refractivity contribution in [1.82, 2.24) is 20.2 Å². The minimum absolute atomic E-state index is 0.105. The van der Waals surface area contributed by atoms with Gasteiger partial charge in [-0.05, 0) is 71.4 Å².